The van der Waals surface area contributed by atoms with Crippen LogP contribution in [0.25, 0.3) is 0 Å². The van der Waals surface area contributed by atoms with Crippen molar-refractivity contribution in [1.82, 2.24) is 4.98 Å². The van der Waals surface area contributed by atoms with Crippen LogP contribution >= 0.6 is 0 Å². The molecule has 3 N–H and O–H groups in total. The van der Waals surface area contributed by atoms with E-state index in [1.54, 1.807) is 12.1 Å². The van der Waals surface area contributed by atoms with Gasteiger partial charge in [-0.15, -0.1) is 0 Å². The van der Waals surface area contributed by atoms with Crippen LogP contribution in [0.5, 0.6) is 0 Å². The Balaban J connectivity index is 2.35. The largest absolute Gasteiger partial charge is 0.383 e. The first-order valence-electron chi connectivity index (χ1n) is 5.73. The summed E-state index contributed by atoms with van der Waals surface area (Å²) in [6, 6.07) is 9.33. The van der Waals surface area contributed by atoms with Gasteiger partial charge in [-0.05, 0) is 12.1 Å². The molecule has 0 atom stereocenters. The summed E-state index contributed by atoms with van der Waals surface area (Å²) in [5, 5.41) is 22.1. The van der Waals surface area contributed by atoms with Gasteiger partial charge in [0.25, 0.3) is 11.6 Å². The topological polar surface area (TPSA) is 135 Å². The smallest absolute Gasteiger partial charge is 0.288 e. The minimum atomic E-state index is -0.675. The van der Waals surface area contributed by atoms with Gasteiger partial charge in [-0.1, -0.05) is 12.1 Å². The number of carbonyl (C=O) groups is 1. The molecule has 1 heterocycles. The molecule has 0 saturated carbocycles. The third-order valence-corrected chi connectivity index (χ3v) is 2.66. The van der Waals surface area contributed by atoms with E-state index in [1.807, 2.05) is 6.07 Å². The molecule has 0 saturated heterocycles. The molecule has 21 heavy (non-hydrogen) atoms. The highest BCUT2D eigenvalue weighted by atomic mass is 16.6. The van der Waals surface area contributed by atoms with Crippen LogP contribution in [0.3, 0.4) is 0 Å². The molecule has 1 aromatic carbocycles. The molecule has 8 heteroatoms. The van der Waals surface area contributed by atoms with E-state index in [1.165, 1.54) is 12.1 Å². The number of nitrogens with two attached hydrogens (primary N) is 1. The van der Waals surface area contributed by atoms with Crippen molar-refractivity contribution in [3.05, 3.63) is 57.8 Å². The van der Waals surface area contributed by atoms with Gasteiger partial charge in [0.1, 0.15) is 18.1 Å². The molecular weight excluding hydrogens is 274 g/mol. The van der Waals surface area contributed by atoms with Gasteiger partial charge < -0.3 is 11.1 Å². The lowest BCUT2D eigenvalue weighted by molar-refractivity contribution is -0.385. The molecule has 1 aromatic heterocycles. The predicted molar refractivity (Wildman–Crippen MR) is 74.4 cm³/mol. The summed E-state index contributed by atoms with van der Waals surface area (Å²) in [4.78, 5) is 25.8. The first-order valence-corrected chi connectivity index (χ1v) is 5.73. The summed E-state index contributed by atoms with van der Waals surface area (Å²) < 4.78 is 0. The zero-order chi connectivity index (χ0) is 15.4. The molecular formula is C13H9N5O3. The summed E-state index contributed by atoms with van der Waals surface area (Å²) in [7, 11) is 0. The number of nitriles is 1. The number of nitrogens with one attached hydrogen (secondary N) is 1. The lowest BCUT2D eigenvalue weighted by atomic mass is 10.1. The third kappa shape index (κ3) is 2.93. The van der Waals surface area contributed by atoms with Gasteiger partial charge in [0.15, 0.2) is 0 Å². The monoisotopic (exact) mass is 283 g/mol. The van der Waals surface area contributed by atoms with Gasteiger partial charge in [-0.25, -0.2) is 4.98 Å². The van der Waals surface area contributed by atoms with Gasteiger partial charge in [0, 0.05) is 6.07 Å². The third-order valence-electron chi connectivity index (χ3n) is 2.66. The van der Waals surface area contributed by atoms with E-state index in [-0.39, 0.29) is 28.3 Å². The number of para-hydroxylation sites is 1. The second-order valence-corrected chi connectivity index (χ2v) is 3.99. The fourth-order valence-electron chi connectivity index (χ4n) is 1.63. The van der Waals surface area contributed by atoms with Crippen LogP contribution in [0.4, 0.5) is 17.2 Å². The highest BCUT2D eigenvalue weighted by Gasteiger charge is 2.17. The van der Waals surface area contributed by atoms with Crippen LogP contribution in [-0.4, -0.2) is 15.8 Å². The molecule has 0 radical (unpaired) electrons. The van der Waals surface area contributed by atoms with Crippen LogP contribution < -0.4 is 11.1 Å². The average molecular weight is 283 g/mol. The number of nitrogens with zero attached hydrogens (tertiary/aromatic N) is 3. The van der Waals surface area contributed by atoms with Crippen LogP contribution in [0, 0.1) is 21.4 Å². The Bertz CT molecular complexity index is 767. The molecule has 0 unspecified atom stereocenters. The maximum absolute atomic E-state index is 12.1. The summed E-state index contributed by atoms with van der Waals surface area (Å²) in [6.45, 7) is 0. The number of hydrogen-bond donors (Lipinski definition) is 2. The molecule has 0 aliphatic rings. The molecule has 0 aliphatic carbocycles. The zero-order valence-corrected chi connectivity index (χ0v) is 10.6. The van der Waals surface area contributed by atoms with Gasteiger partial charge >= 0.3 is 0 Å². The maximum atomic E-state index is 12.1. The van der Waals surface area contributed by atoms with E-state index in [9.17, 15) is 14.9 Å². The molecule has 2 rings (SSSR count). The minimum absolute atomic E-state index is 0.128. The summed E-state index contributed by atoms with van der Waals surface area (Å²) >= 11 is 0. The number of amides is 1. The van der Waals surface area contributed by atoms with Crippen molar-refractivity contribution in [3.63, 3.8) is 0 Å². The van der Waals surface area contributed by atoms with Crippen LogP contribution in [0.15, 0.2) is 36.5 Å². The molecule has 0 aliphatic heterocycles. The van der Waals surface area contributed by atoms with Crippen molar-refractivity contribution < 1.29 is 9.72 Å². The Morgan fingerprint density at radius 1 is 1.43 bits per heavy atom. The van der Waals surface area contributed by atoms with Gasteiger partial charge in [0.2, 0.25) is 0 Å². The second kappa shape index (κ2) is 5.66. The van der Waals surface area contributed by atoms with Crippen molar-refractivity contribution in [1.29, 1.82) is 5.26 Å². The van der Waals surface area contributed by atoms with Crippen LogP contribution in [0.1, 0.15) is 15.9 Å². The summed E-state index contributed by atoms with van der Waals surface area (Å²) in [6.07, 6.45) is 0.968. The Hall–Kier alpha value is -3.47. The van der Waals surface area contributed by atoms with E-state index in [2.05, 4.69) is 10.3 Å². The minimum Gasteiger partial charge on any atom is -0.383 e. The molecule has 1 amide bonds. The van der Waals surface area contributed by atoms with Gasteiger partial charge in [0.05, 0.1) is 21.7 Å². The second-order valence-electron chi connectivity index (χ2n) is 3.99. The van der Waals surface area contributed by atoms with Crippen molar-refractivity contribution in [2.24, 2.45) is 0 Å². The molecule has 0 bridgehead atoms. The van der Waals surface area contributed by atoms with Crippen molar-refractivity contribution in [2.75, 3.05) is 11.1 Å². The van der Waals surface area contributed by atoms with Gasteiger partial charge in [-0.3, -0.25) is 14.9 Å². The molecule has 0 spiro atoms. The van der Waals surface area contributed by atoms with Crippen LogP contribution in [0.2, 0.25) is 0 Å². The number of anilines is 2. The van der Waals surface area contributed by atoms with Gasteiger partial charge in [-0.2, -0.15) is 5.26 Å². The van der Waals surface area contributed by atoms with Crippen molar-refractivity contribution in [3.8, 4) is 6.07 Å². The lowest BCUT2D eigenvalue weighted by Gasteiger charge is -2.08. The number of rotatable bonds is 3. The number of benzene rings is 1. The van der Waals surface area contributed by atoms with E-state index >= 15 is 0 Å². The number of hydrogen-bond acceptors (Lipinski definition) is 6. The van der Waals surface area contributed by atoms with Crippen molar-refractivity contribution in [2.45, 2.75) is 0 Å². The Kier molecular flexibility index (Phi) is 3.76. The Labute approximate surface area is 119 Å². The summed E-state index contributed by atoms with van der Waals surface area (Å²) in [5.74, 6) is -0.807. The standard InChI is InChI=1S/C13H9N5O3/c14-6-8-3-1-2-4-11(8)17-13(19)10-5-9(18(20)21)7-16-12(10)15/h1-5,7H,(H2,15,16)(H,17,19). The van der Waals surface area contributed by atoms with Crippen molar-refractivity contribution >= 4 is 23.1 Å². The Morgan fingerprint density at radius 3 is 2.81 bits per heavy atom. The fourth-order valence-corrected chi connectivity index (χ4v) is 1.63. The van der Waals surface area contributed by atoms with E-state index in [0.29, 0.717) is 0 Å². The van der Waals surface area contributed by atoms with E-state index in [0.717, 1.165) is 12.3 Å². The average Bonchev–Trinajstić information content (AvgIpc) is 2.47. The first kappa shape index (κ1) is 14.0. The quantitative estimate of drug-likeness (QED) is 0.650. The number of nitrogen functional groups attached to an aromatic ring is 1. The first-order chi connectivity index (χ1) is 10.0. The van der Waals surface area contributed by atoms with Crippen LogP contribution in [-0.2, 0) is 0 Å². The number of aromatic nitrogens is 1. The Morgan fingerprint density at radius 2 is 2.14 bits per heavy atom. The highest BCUT2D eigenvalue weighted by Crippen LogP contribution is 2.20. The molecule has 2 aromatic rings. The molecule has 8 nitrogen and oxygen atoms in total. The normalized spacial score (nSPS) is 9.67. The number of carbonyl (C=O) groups excluding carboxylic acids is 1. The highest BCUT2D eigenvalue weighted by molar-refractivity contribution is 6.08. The summed E-state index contributed by atoms with van der Waals surface area (Å²) in [5.41, 5.74) is 5.64. The van der Waals surface area contributed by atoms with E-state index < -0.39 is 10.8 Å². The lowest BCUT2D eigenvalue weighted by Crippen LogP contribution is -2.16. The maximum Gasteiger partial charge on any atom is 0.288 e. The predicted octanol–water partition coefficient (Wildman–Crippen LogP) is 1.70. The molecule has 104 valence electrons. The zero-order valence-electron chi connectivity index (χ0n) is 10.6. The van der Waals surface area contributed by atoms with E-state index in [4.69, 9.17) is 11.0 Å². The number of nitro groups is 1. The number of pyridine rings is 1. The fraction of sp³-hybridized carbons (Fsp3) is 0. The SMILES string of the molecule is N#Cc1ccccc1NC(=O)c1cc([N+](=O)[O-])cnc1N. The molecule has 0 fully saturated rings.